The number of rotatable bonds is 2. The fourth-order valence-corrected chi connectivity index (χ4v) is 4.02. The minimum absolute atomic E-state index is 0.210. The molecule has 0 aromatic heterocycles. The Morgan fingerprint density at radius 1 is 1.00 bits per heavy atom. The van der Waals surface area contributed by atoms with Gasteiger partial charge in [-0.1, -0.05) is 36.4 Å². The molecular formula is C21H24N2O. The van der Waals surface area contributed by atoms with E-state index in [9.17, 15) is 4.79 Å². The van der Waals surface area contributed by atoms with Crippen LogP contribution in [0.4, 0.5) is 5.69 Å². The second-order valence-electron chi connectivity index (χ2n) is 6.84. The number of nitrogens with zero attached hydrogens (tertiary/aromatic N) is 1. The maximum absolute atomic E-state index is 13.0. The van der Waals surface area contributed by atoms with Gasteiger partial charge in [-0.2, -0.15) is 0 Å². The quantitative estimate of drug-likeness (QED) is 0.905. The standard InChI is InChI=1S/C21H24N2O/c24-21(19-8-4-10-20-18(19)9-5-13-22-20)23-14-11-17(12-15-23)16-6-2-1-3-7-16/h1-4,6-8,10,17,22H,5,9,11-15H2. The molecule has 2 aliphatic heterocycles. The third kappa shape index (κ3) is 2.91. The van der Waals surface area contributed by atoms with Crippen molar-refractivity contribution in [1.29, 1.82) is 0 Å². The van der Waals surface area contributed by atoms with E-state index in [1.807, 2.05) is 17.0 Å². The highest BCUT2D eigenvalue weighted by Gasteiger charge is 2.26. The highest BCUT2D eigenvalue weighted by atomic mass is 16.2. The predicted octanol–water partition coefficient (Wildman–Crippen LogP) is 4.06. The minimum atomic E-state index is 0.210. The van der Waals surface area contributed by atoms with E-state index in [-0.39, 0.29) is 5.91 Å². The molecule has 0 unspecified atom stereocenters. The Labute approximate surface area is 143 Å². The van der Waals surface area contributed by atoms with Gasteiger partial charge in [0, 0.05) is 30.9 Å². The first-order valence-corrected chi connectivity index (χ1v) is 9.03. The fraction of sp³-hybridized carbons (Fsp3) is 0.381. The van der Waals surface area contributed by atoms with Gasteiger partial charge in [0.25, 0.3) is 5.91 Å². The van der Waals surface area contributed by atoms with Crippen LogP contribution in [-0.2, 0) is 6.42 Å². The zero-order chi connectivity index (χ0) is 16.4. The van der Waals surface area contributed by atoms with Crippen molar-refractivity contribution < 1.29 is 4.79 Å². The molecule has 24 heavy (non-hydrogen) atoms. The Morgan fingerprint density at radius 2 is 1.79 bits per heavy atom. The summed E-state index contributed by atoms with van der Waals surface area (Å²) in [6.45, 7) is 2.72. The SMILES string of the molecule is O=C(c1cccc2c1CCCN2)N1CCC(c2ccccc2)CC1. The van der Waals surface area contributed by atoms with Gasteiger partial charge in [-0.3, -0.25) is 4.79 Å². The normalized spacial score (nSPS) is 17.9. The van der Waals surface area contributed by atoms with E-state index < -0.39 is 0 Å². The average Bonchev–Trinajstić information content (AvgIpc) is 2.68. The molecule has 4 rings (SSSR count). The Morgan fingerprint density at radius 3 is 2.58 bits per heavy atom. The summed E-state index contributed by atoms with van der Waals surface area (Å²) >= 11 is 0. The number of piperidine rings is 1. The summed E-state index contributed by atoms with van der Waals surface area (Å²) in [5.74, 6) is 0.795. The second-order valence-corrected chi connectivity index (χ2v) is 6.84. The first kappa shape index (κ1) is 15.3. The molecule has 0 radical (unpaired) electrons. The summed E-state index contributed by atoms with van der Waals surface area (Å²) in [6, 6.07) is 16.8. The maximum atomic E-state index is 13.0. The summed E-state index contributed by atoms with van der Waals surface area (Å²) in [4.78, 5) is 15.1. The molecule has 2 aromatic rings. The van der Waals surface area contributed by atoms with Crippen LogP contribution in [0.1, 0.15) is 46.7 Å². The third-order valence-corrected chi connectivity index (χ3v) is 5.38. The summed E-state index contributed by atoms with van der Waals surface area (Å²) in [7, 11) is 0. The molecule has 1 saturated heterocycles. The Balaban J connectivity index is 1.47. The molecule has 2 aromatic carbocycles. The van der Waals surface area contributed by atoms with E-state index in [1.165, 1.54) is 11.1 Å². The van der Waals surface area contributed by atoms with Crippen molar-refractivity contribution in [3.05, 3.63) is 65.2 Å². The zero-order valence-electron chi connectivity index (χ0n) is 14.0. The van der Waals surface area contributed by atoms with Crippen molar-refractivity contribution in [1.82, 2.24) is 4.90 Å². The summed E-state index contributed by atoms with van der Waals surface area (Å²) < 4.78 is 0. The van der Waals surface area contributed by atoms with Crippen molar-refractivity contribution >= 4 is 11.6 Å². The van der Waals surface area contributed by atoms with E-state index in [1.54, 1.807) is 0 Å². The van der Waals surface area contributed by atoms with Gasteiger partial charge >= 0.3 is 0 Å². The molecule has 0 saturated carbocycles. The lowest BCUT2D eigenvalue weighted by atomic mass is 9.89. The van der Waals surface area contributed by atoms with Crippen LogP contribution in [0.2, 0.25) is 0 Å². The number of hydrogen-bond donors (Lipinski definition) is 1. The van der Waals surface area contributed by atoms with Gasteiger partial charge in [-0.05, 0) is 54.9 Å². The molecule has 2 heterocycles. The van der Waals surface area contributed by atoms with Crippen molar-refractivity contribution in [3.8, 4) is 0 Å². The zero-order valence-corrected chi connectivity index (χ0v) is 14.0. The van der Waals surface area contributed by atoms with Crippen molar-refractivity contribution in [2.45, 2.75) is 31.6 Å². The van der Waals surface area contributed by atoms with E-state index in [2.05, 4.69) is 41.7 Å². The monoisotopic (exact) mass is 320 g/mol. The fourth-order valence-electron chi connectivity index (χ4n) is 4.02. The number of likely N-dealkylation sites (tertiary alicyclic amines) is 1. The number of amides is 1. The third-order valence-electron chi connectivity index (χ3n) is 5.38. The van der Waals surface area contributed by atoms with Crippen LogP contribution in [0, 0.1) is 0 Å². The molecule has 3 nitrogen and oxygen atoms in total. The van der Waals surface area contributed by atoms with Gasteiger partial charge in [0.2, 0.25) is 0 Å². The van der Waals surface area contributed by atoms with Gasteiger partial charge in [0.1, 0.15) is 0 Å². The number of fused-ring (bicyclic) bond motifs is 1. The predicted molar refractivity (Wildman–Crippen MR) is 97.6 cm³/mol. The number of nitrogens with one attached hydrogen (secondary N) is 1. The smallest absolute Gasteiger partial charge is 0.254 e. The topological polar surface area (TPSA) is 32.3 Å². The second kappa shape index (κ2) is 6.68. The van der Waals surface area contributed by atoms with Gasteiger partial charge in [-0.15, -0.1) is 0 Å². The minimum Gasteiger partial charge on any atom is -0.385 e. The van der Waals surface area contributed by atoms with Crippen LogP contribution in [0.3, 0.4) is 0 Å². The van der Waals surface area contributed by atoms with E-state index in [0.717, 1.165) is 56.6 Å². The molecule has 1 fully saturated rings. The number of benzene rings is 2. The van der Waals surface area contributed by atoms with Gasteiger partial charge in [0.05, 0.1) is 0 Å². The van der Waals surface area contributed by atoms with Crippen LogP contribution in [0.5, 0.6) is 0 Å². The Hall–Kier alpha value is -2.29. The molecule has 124 valence electrons. The van der Waals surface area contributed by atoms with E-state index in [4.69, 9.17) is 0 Å². The summed E-state index contributed by atoms with van der Waals surface area (Å²) in [6.07, 6.45) is 4.23. The molecule has 2 aliphatic rings. The number of carbonyl (C=O) groups is 1. The first-order chi connectivity index (χ1) is 11.8. The van der Waals surface area contributed by atoms with Crippen molar-refractivity contribution in [2.24, 2.45) is 0 Å². The molecule has 1 amide bonds. The van der Waals surface area contributed by atoms with Gasteiger partial charge < -0.3 is 10.2 Å². The van der Waals surface area contributed by atoms with Crippen LogP contribution >= 0.6 is 0 Å². The lowest BCUT2D eigenvalue weighted by Crippen LogP contribution is -2.38. The summed E-state index contributed by atoms with van der Waals surface area (Å²) in [5, 5.41) is 3.42. The number of hydrogen-bond acceptors (Lipinski definition) is 2. The van der Waals surface area contributed by atoms with Gasteiger partial charge in [-0.25, -0.2) is 0 Å². The molecule has 0 bridgehead atoms. The molecular weight excluding hydrogens is 296 g/mol. The highest BCUT2D eigenvalue weighted by molar-refractivity contribution is 5.97. The van der Waals surface area contributed by atoms with Gasteiger partial charge in [0.15, 0.2) is 0 Å². The summed E-state index contributed by atoms with van der Waals surface area (Å²) in [5.41, 5.74) is 4.66. The molecule has 0 atom stereocenters. The Bertz CT molecular complexity index is 718. The lowest BCUT2D eigenvalue weighted by molar-refractivity contribution is 0.0712. The van der Waals surface area contributed by atoms with Crippen molar-refractivity contribution in [2.75, 3.05) is 25.0 Å². The number of anilines is 1. The largest absolute Gasteiger partial charge is 0.385 e. The van der Waals surface area contributed by atoms with Crippen LogP contribution in [0.25, 0.3) is 0 Å². The molecule has 0 spiro atoms. The maximum Gasteiger partial charge on any atom is 0.254 e. The Kier molecular flexibility index (Phi) is 4.24. The number of carbonyl (C=O) groups excluding carboxylic acids is 1. The lowest BCUT2D eigenvalue weighted by Gasteiger charge is -2.33. The molecule has 1 N–H and O–H groups in total. The molecule has 3 heteroatoms. The van der Waals surface area contributed by atoms with Crippen LogP contribution < -0.4 is 5.32 Å². The van der Waals surface area contributed by atoms with Crippen LogP contribution in [-0.4, -0.2) is 30.4 Å². The van der Waals surface area contributed by atoms with E-state index >= 15 is 0 Å². The van der Waals surface area contributed by atoms with Crippen molar-refractivity contribution in [3.63, 3.8) is 0 Å². The molecule has 0 aliphatic carbocycles. The van der Waals surface area contributed by atoms with Crippen LogP contribution in [0.15, 0.2) is 48.5 Å². The average molecular weight is 320 g/mol. The van der Waals surface area contributed by atoms with E-state index in [0.29, 0.717) is 5.92 Å². The highest BCUT2D eigenvalue weighted by Crippen LogP contribution is 2.30. The first-order valence-electron chi connectivity index (χ1n) is 9.03.